The van der Waals surface area contributed by atoms with Crippen LogP contribution in [-0.2, 0) is 6.54 Å². The lowest BCUT2D eigenvalue weighted by Gasteiger charge is -2.21. The van der Waals surface area contributed by atoms with Crippen molar-refractivity contribution in [3.8, 4) is 11.5 Å². The van der Waals surface area contributed by atoms with Crippen LogP contribution in [0.1, 0.15) is 19.4 Å². The molecule has 0 fully saturated rings. The number of fused-ring (bicyclic) bond motifs is 1. The third-order valence-electron chi connectivity index (χ3n) is 2.99. The fourth-order valence-corrected chi connectivity index (χ4v) is 2.06. The molecule has 0 aliphatic carbocycles. The molecular weight excluding hydrogens is 240 g/mol. The van der Waals surface area contributed by atoms with Crippen molar-refractivity contribution in [1.82, 2.24) is 10.6 Å². The molecule has 2 rings (SSSR count). The lowest BCUT2D eigenvalue weighted by Crippen LogP contribution is -2.29. The molecule has 4 heteroatoms. The summed E-state index contributed by atoms with van der Waals surface area (Å²) in [7, 11) is 0. The summed E-state index contributed by atoms with van der Waals surface area (Å²) < 4.78 is 11.3. The van der Waals surface area contributed by atoms with Gasteiger partial charge in [0.1, 0.15) is 13.2 Å². The molecule has 0 saturated heterocycles. The van der Waals surface area contributed by atoms with Crippen molar-refractivity contribution >= 4 is 0 Å². The molecule has 0 atom stereocenters. The number of rotatable bonds is 7. The van der Waals surface area contributed by atoms with E-state index in [0.717, 1.165) is 37.7 Å². The normalized spacial score (nSPS) is 13.8. The Hall–Kier alpha value is -1.26. The van der Waals surface area contributed by atoms with E-state index < -0.39 is 0 Å². The van der Waals surface area contributed by atoms with Crippen LogP contribution in [0.3, 0.4) is 0 Å². The SMILES string of the molecule is CC(C)CNCCNCc1cccc2c1OCCO2. The van der Waals surface area contributed by atoms with E-state index in [0.29, 0.717) is 19.1 Å². The number of nitrogens with one attached hydrogen (secondary N) is 2. The molecule has 1 aliphatic heterocycles. The maximum Gasteiger partial charge on any atom is 0.165 e. The molecule has 2 N–H and O–H groups in total. The first-order valence-corrected chi connectivity index (χ1v) is 7.06. The van der Waals surface area contributed by atoms with Crippen LogP contribution in [0.25, 0.3) is 0 Å². The molecule has 106 valence electrons. The molecule has 0 amide bonds. The maximum absolute atomic E-state index is 5.68. The third kappa shape index (κ3) is 4.40. The number of benzene rings is 1. The predicted molar refractivity (Wildman–Crippen MR) is 76.8 cm³/mol. The van der Waals surface area contributed by atoms with E-state index in [-0.39, 0.29) is 0 Å². The number of para-hydroxylation sites is 1. The molecule has 1 aromatic rings. The Bertz CT molecular complexity index is 394. The van der Waals surface area contributed by atoms with Crippen LogP contribution in [-0.4, -0.2) is 32.8 Å². The zero-order valence-electron chi connectivity index (χ0n) is 11.9. The molecule has 0 aromatic heterocycles. The van der Waals surface area contributed by atoms with Gasteiger partial charge >= 0.3 is 0 Å². The van der Waals surface area contributed by atoms with Crippen LogP contribution in [0.2, 0.25) is 0 Å². The third-order valence-corrected chi connectivity index (χ3v) is 2.99. The Labute approximate surface area is 115 Å². The Morgan fingerprint density at radius 3 is 2.74 bits per heavy atom. The van der Waals surface area contributed by atoms with Crippen LogP contribution < -0.4 is 20.1 Å². The summed E-state index contributed by atoms with van der Waals surface area (Å²) in [5, 5.41) is 6.84. The first-order valence-electron chi connectivity index (χ1n) is 7.06. The summed E-state index contributed by atoms with van der Waals surface area (Å²) in [6.07, 6.45) is 0. The fourth-order valence-electron chi connectivity index (χ4n) is 2.06. The maximum atomic E-state index is 5.68. The molecule has 0 spiro atoms. The summed E-state index contributed by atoms with van der Waals surface area (Å²) in [5.41, 5.74) is 1.17. The zero-order valence-corrected chi connectivity index (χ0v) is 11.9. The molecular formula is C15H24N2O2. The van der Waals surface area contributed by atoms with Crippen molar-refractivity contribution in [2.45, 2.75) is 20.4 Å². The Morgan fingerprint density at radius 1 is 1.11 bits per heavy atom. The number of hydrogen-bond acceptors (Lipinski definition) is 4. The van der Waals surface area contributed by atoms with Crippen LogP contribution in [0, 0.1) is 5.92 Å². The second-order valence-corrected chi connectivity index (χ2v) is 5.22. The molecule has 0 radical (unpaired) electrons. The summed E-state index contributed by atoms with van der Waals surface area (Å²) in [6, 6.07) is 6.06. The van der Waals surface area contributed by atoms with Gasteiger partial charge in [0.15, 0.2) is 11.5 Å². The zero-order chi connectivity index (χ0) is 13.5. The van der Waals surface area contributed by atoms with Gasteiger partial charge in [0.05, 0.1) is 0 Å². The van der Waals surface area contributed by atoms with Crippen LogP contribution in [0.15, 0.2) is 18.2 Å². The highest BCUT2D eigenvalue weighted by atomic mass is 16.6. The van der Waals surface area contributed by atoms with Crippen molar-refractivity contribution in [2.24, 2.45) is 5.92 Å². The lowest BCUT2D eigenvalue weighted by atomic mass is 10.1. The first-order chi connectivity index (χ1) is 9.27. The van der Waals surface area contributed by atoms with E-state index in [9.17, 15) is 0 Å². The van der Waals surface area contributed by atoms with Crippen molar-refractivity contribution in [3.05, 3.63) is 23.8 Å². The highest BCUT2D eigenvalue weighted by Crippen LogP contribution is 2.33. The van der Waals surface area contributed by atoms with Gasteiger partial charge < -0.3 is 20.1 Å². The highest BCUT2D eigenvalue weighted by Gasteiger charge is 2.14. The molecule has 4 nitrogen and oxygen atoms in total. The number of ether oxygens (including phenoxy) is 2. The van der Waals surface area contributed by atoms with Gasteiger partial charge in [-0.1, -0.05) is 26.0 Å². The van der Waals surface area contributed by atoms with E-state index in [4.69, 9.17) is 9.47 Å². The Balaban J connectivity index is 1.74. The molecule has 1 aliphatic rings. The minimum absolute atomic E-state index is 0.639. The monoisotopic (exact) mass is 264 g/mol. The minimum Gasteiger partial charge on any atom is -0.486 e. The van der Waals surface area contributed by atoms with Crippen LogP contribution in [0.5, 0.6) is 11.5 Å². The Kier molecular flexibility index (Phi) is 5.48. The summed E-state index contributed by atoms with van der Waals surface area (Å²) in [5.74, 6) is 2.46. The van der Waals surface area contributed by atoms with Gasteiger partial charge in [-0.3, -0.25) is 0 Å². The second-order valence-electron chi connectivity index (χ2n) is 5.22. The first kappa shape index (κ1) is 14.2. The van der Waals surface area contributed by atoms with E-state index in [1.165, 1.54) is 5.56 Å². The van der Waals surface area contributed by atoms with Gasteiger partial charge in [-0.2, -0.15) is 0 Å². The number of hydrogen-bond donors (Lipinski definition) is 2. The van der Waals surface area contributed by atoms with Crippen LogP contribution >= 0.6 is 0 Å². The van der Waals surface area contributed by atoms with E-state index in [1.807, 2.05) is 12.1 Å². The van der Waals surface area contributed by atoms with Gasteiger partial charge in [0.25, 0.3) is 0 Å². The smallest absolute Gasteiger partial charge is 0.165 e. The summed E-state index contributed by atoms with van der Waals surface area (Å²) in [6.45, 7) is 9.54. The minimum atomic E-state index is 0.639. The largest absolute Gasteiger partial charge is 0.486 e. The summed E-state index contributed by atoms with van der Waals surface area (Å²) >= 11 is 0. The predicted octanol–water partition coefficient (Wildman–Crippen LogP) is 1.79. The van der Waals surface area contributed by atoms with E-state index in [2.05, 4.69) is 30.5 Å². The average molecular weight is 264 g/mol. The van der Waals surface area contributed by atoms with E-state index >= 15 is 0 Å². The molecule has 19 heavy (non-hydrogen) atoms. The van der Waals surface area contributed by atoms with Crippen molar-refractivity contribution in [3.63, 3.8) is 0 Å². The molecule has 0 unspecified atom stereocenters. The van der Waals surface area contributed by atoms with Gasteiger partial charge in [-0.05, 0) is 18.5 Å². The van der Waals surface area contributed by atoms with Crippen LogP contribution in [0.4, 0.5) is 0 Å². The molecule has 1 aromatic carbocycles. The van der Waals surface area contributed by atoms with Gasteiger partial charge in [0, 0.05) is 25.2 Å². The highest BCUT2D eigenvalue weighted by molar-refractivity contribution is 5.47. The summed E-state index contributed by atoms with van der Waals surface area (Å²) in [4.78, 5) is 0. The second kappa shape index (κ2) is 7.36. The van der Waals surface area contributed by atoms with Gasteiger partial charge in [-0.25, -0.2) is 0 Å². The molecule has 0 bridgehead atoms. The topological polar surface area (TPSA) is 42.5 Å². The van der Waals surface area contributed by atoms with Crippen molar-refractivity contribution in [2.75, 3.05) is 32.8 Å². The van der Waals surface area contributed by atoms with Crippen molar-refractivity contribution in [1.29, 1.82) is 0 Å². The van der Waals surface area contributed by atoms with E-state index in [1.54, 1.807) is 0 Å². The Morgan fingerprint density at radius 2 is 1.89 bits per heavy atom. The molecule has 1 heterocycles. The standard InChI is InChI=1S/C15H24N2O2/c1-12(2)10-16-6-7-17-11-13-4-3-5-14-15(13)19-9-8-18-14/h3-5,12,16-17H,6-11H2,1-2H3. The quantitative estimate of drug-likeness (QED) is 0.737. The van der Waals surface area contributed by atoms with Crippen molar-refractivity contribution < 1.29 is 9.47 Å². The molecule has 0 saturated carbocycles. The van der Waals surface area contributed by atoms with Gasteiger partial charge in [-0.15, -0.1) is 0 Å². The fraction of sp³-hybridized carbons (Fsp3) is 0.600. The lowest BCUT2D eigenvalue weighted by molar-refractivity contribution is 0.169. The van der Waals surface area contributed by atoms with Gasteiger partial charge in [0.2, 0.25) is 0 Å². The average Bonchev–Trinajstić information content (AvgIpc) is 2.42.